The molecule has 6 nitrogen and oxygen atoms in total. The maximum absolute atomic E-state index is 12.0. The van der Waals surface area contributed by atoms with E-state index in [9.17, 15) is 9.59 Å². The van der Waals surface area contributed by atoms with Gasteiger partial charge >= 0.3 is 0 Å². The summed E-state index contributed by atoms with van der Waals surface area (Å²) >= 11 is 11.7. The Bertz CT molecular complexity index is 768. The van der Waals surface area contributed by atoms with Crippen molar-refractivity contribution in [2.24, 2.45) is 0 Å². The summed E-state index contributed by atoms with van der Waals surface area (Å²) < 4.78 is 10.6. The van der Waals surface area contributed by atoms with Crippen LogP contribution in [0.25, 0.3) is 0 Å². The van der Waals surface area contributed by atoms with E-state index in [2.05, 4.69) is 10.9 Å². The SMILES string of the molecule is COc1ccccc1OCCC(=O)NNC(=O)c1cc(Cl)ccc1Cl. The third-order valence-corrected chi connectivity index (χ3v) is 3.71. The summed E-state index contributed by atoms with van der Waals surface area (Å²) in [4.78, 5) is 23.8. The minimum absolute atomic E-state index is 0.0433. The number of amides is 2. The Morgan fingerprint density at radius 1 is 1.04 bits per heavy atom. The number of hydrazine groups is 1. The molecule has 2 rings (SSSR count). The van der Waals surface area contributed by atoms with Crippen molar-refractivity contribution in [3.05, 3.63) is 58.1 Å². The molecule has 0 spiro atoms. The Hall–Kier alpha value is -2.44. The molecule has 0 aliphatic heterocycles. The van der Waals surface area contributed by atoms with E-state index in [0.717, 1.165) is 0 Å². The number of hydrogen-bond donors (Lipinski definition) is 2. The number of halogens is 2. The first-order valence-electron chi connectivity index (χ1n) is 7.31. The average Bonchev–Trinajstić information content (AvgIpc) is 2.62. The topological polar surface area (TPSA) is 76.7 Å². The fraction of sp³-hybridized carbons (Fsp3) is 0.176. The van der Waals surface area contributed by atoms with E-state index in [0.29, 0.717) is 16.5 Å². The highest BCUT2D eigenvalue weighted by atomic mass is 35.5. The fourth-order valence-corrected chi connectivity index (χ4v) is 2.30. The highest BCUT2D eigenvalue weighted by Crippen LogP contribution is 2.25. The third kappa shape index (κ3) is 5.55. The van der Waals surface area contributed by atoms with Crippen molar-refractivity contribution in [2.75, 3.05) is 13.7 Å². The smallest absolute Gasteiger partial charge is 0.271 e. The van der Waals surface area contributed by atoms with Crippen LogP contribution >= 0.6 is 23.2 Å². The minimum Gasteiger partial charge on any atom is -0.493 e. The van der Waals surface area contributed by atoms with Gasteiger partial charge in [-0.05, 0) is 30.3 Å². The Morgan fingerprint density at radius 2 is 1.76 bits per heavy atom. The van der Waals surface area contributed by atoms with E-state index in [1.54, 1.807) is 24.3 Å². The summed E-state index contributed by atoms with van der Waals surface area (Å²) in [6.07, 6.45) is 0.0433. The van der Waals surface area contributed by atoms with E-state index in [-0.39, 0.29) is 23.6 Å². The minimum atomic E-state index is -0.563. The number of carbonyl (C=O) groups is 2. The molecule has 132 valence electrons. The van der Waals surface area contributed by atoms with Crippen molar-refractivity contribution < 1.29 is 19.1 Å². The summed E-state index contributed by atoms with van der Waals surface area (Å²) in [7, 11) is 1.53. The first-order chi connectivity index (χ1) is 12.0. The molecule has 0 fully saturated rings. The van der Waals surface area contributed by atoms with Crippen molar-refractivity contribution >= 4 is 35.0 Å². The molecule has 2 aromatic rings. The zero-order chi connectivity index (χ0) is 18.2. The predicted octanol–water partition coefficient (Wildman–Crippen LogP) is 3.23. The van der Waals surface area contributed by atoms with Gasteiger partial charge in [0.2, 0.25) is 5.91 Å². The lowest BCUT2D eigenvalue weighted by Crippen LogP contribution is -2.42. The van der Waals surface area contributed by atoms with Gasteiger partial charge in [-0.3, -0.25) is 20.4 Å². The first kappa shape index (κ1) is 18.9. The zero-order valence-corrected chi connectivity index (χ0v) is 14.9. The lowest BCUT2D eigenvalue weighted by Gasteiger charge is -2.11. The molecule has 0 atom stereocenters. The molecule has 0 aliphatic carbocycles. The number of ether oxygens (including phenoxy) is 2. The van der Waals surface area contributed by atoms with Gasteiger partial charge in [0.1, 0.15) is 0 Å². The number of nitrogens with one attached hydrogen (secondary N) is 2. The second-order valence-electron chi connectivity index (χ2n) is 4.88. The second-order valence-corrected chi connectivity index (χ2v) is 5.72. The standard InChI is InChI=1S/C17H16Cl2N2O4/c1-24-14-4-2-3-5-15(14)25-9-8-16(22)20-21-17(23)12-10-11(18)6-7-13(12)19/h2-7,10H,8-9H2,1H3,(H,20,22)(H,21,23). The Morgan fingerprint density at radius 3 is 2.48 bits per heavy atom. The van der Waals surface area contributed by atoms with Crippen LogP contribution in [-0.4, -0.2) is 25.5 Å². The molecule has 2 N–H and O–H groups in total. The fourth-order valence-electron chi connectivity index (χ4n) is 1.92. The van der Waals surface area contributed by atoms with Gasteiger partial charge in [-0.1, -0.05) is 35.3 Å². The Labute approximate surface area is 155 Å². The van der Waals surface area contributed by atoms with Crippen LogP contribution in [0.2, 0.25) is 10.0 Å². The number of rotatable bonds is 6. The maximum atomic E-state index is 12.0. The van der Waals surface area contributed by atoms with Gasteiger partial charge in [0, 0.05) is 5.02 Å². The molecular formula is C17H16Cl2N2O4. The van der Waals surface area contributed by atoms with Crippen LogP contribution in [0.1, 0.15) is 16.8 Å². The zero-order valence-electron chi connectivity index (χ0n) is 13.3. The lowest BCUT2D eigenvalue weighted by molar-refractivity contribution is -0.122. The molecular weight excluding hydrogens is 367 g/mol. The number of para-hydroxylation sites is 2. The van der Waals surface area contributed by atoms with Crippen LogP contribution in [0.4, 0.5) is 0 Å². The molecule has 0 aromatic heterocycles. The molecule has 8 heteroatoms. The van der Waals surface area contributed by atoms with Crippen LogP contribution in [-0.2, 0) is 4.79 Å². The van der Waals surface area contributed by atoms with Crippen LogP contribution in [0, 0.1) is 0 Å². The maximum Gasteiger partial charge on any atom is 0.271 e. The summed E-state index contributed by atoms with van der Waals surface area (Å²) in [6.45, 7) is 0.125. The largest absolute Gasteiger partial charge is 0.493 e. The van der Waals surface area contributed by atoms with Crippen molar-refractivity contribution in [1.29, 1.82) is 0 Å². The molecule has 0 bridgehead atoms. The summed E-state index contributed by atoms with van der Waals surface area (Å²) in [5.41, 5.74) is 4.73. The molecule has 0 saturated heterocycles. The lowest BCUT2D eigenvalue weighted by atomic mass is 10.2. The van der Waals surface area contributed by atoms with E-state index in [4.69, 9.17) is 32.7 Å². The molecule has 2 aromatic carbocycles. The van der Waals surface area contributed by atoms with Gasteiger partial charge in [-0.2, -0.15) is 0 Å². The molecule has 0 unspecified atom stereocenters. The van der Waals surface area contributed by atoms with E-state index in [1.807, 2.05) is 6.07 Å². The quantitative estimate of drug-likeness (QED) is 0.751. The summed E-state index contributed by atoms with van der Waals surface area (Å²) in [6, 6.07) is 11.6. The van der Waals surface area contributed by atoms with Crippen LogP contribution in [0.5, 0.6) is 11.5 Å². The number of benzene rings is 2. The van der Waals surface area contributed by atoms with Crippen molar-refractivity contribution in [2.45, 2.75) is 6.42 Å². The van der Waals surface area contributed by atoms with Crippen molar-refractivity contribution in [3.63, 3.8) is 0 Å². The van der Waals surface area contributed by atoms with Crippen LogP contribution in [0.3, 0.4) is 0 Å². The van der Waals surface area contributed by atoms with Crippen LogP contribution in [0.15, 0.2) is 42.5 Å². The van der Waals surface area contributed by atoms with Gasteiger partial charge in [0.15, 0.2) is 11.5 Å². The Kier molecular flexibility index (Phi) is 6.91. The van der Waals surface area contributed by atoms with Crippen molar-refractivity contribution in [1.82, 2.24) is 10.9 Å². The number of carbonyl (C=O) groups excluding carboxylic acids is 2. The molecule has 25 heavy (non-hydrogen) atoms. The highest BCUT2D eigenvalue weighted by molar-refractivity contribution is 6.35. The van der Waals surface area contributed by atoms with Gasteiger partial charge in [-0.15, -0.1) is 0 Å². The first-order valence-corrected chi connectivity index (χ1v) is 8.07. The van der Waals surface area contributed by atoms with Crippen molar-refractivity contribution in [3.8, 4) is 11.5 Å². The predicted molar refractivity (Wildman–Crippen MR) is 95.2 cm³/mol. The van der Waals surface area contributed by atoms with Gasteiger partial charge in [0.05, 0.1) is 30.7 Å². The summed E-state index contributed by atoms with van der Waals surface area (Å²) in [5, 5.41) is 0.599. The summed E-state index contributed by atoms with van der Waals surface area (Å²) in [5.74, 6) is 0.132. The third-order valence-electron chi connectivity index (χ3n) is 3.14. The molecule has 0 aliphatic rings. The highest BCUT2D eigenvalue weighted by Gasteiger charge is 2.12. The van der Waals surface area contributed by atoms with Gasteiger partial charge < -0.3 is 9.47 Å². The monoisotopic (exact) mass is 382 g/mol. The van der Waals surface area contributed by atoms with Crippen LogP contribution < -0.4 is 20.3 Å². The molecule has 2 amide bonds. The number of methoxy groups -OCH3 is 1. The molecule has 0 heterocycles. The number of hydrogen-bond acceptors (Lipinski definition) is 4. The van der Waals surface area contributed by atoms with E-state index >= 15 is 0 Å². The van der Waals surface area contributed by atoms with E-state index < -0.39 is 11.8 Å². The molecule has 0 saturated carbocycles. The molecule has 0 radical (unpaired) electrons. The average molecular weight is 383 g/mol. The normalized spacial score (nSPS) is 10.0. The van der Waals surface area contributed by atoms with E-state index in [1.165, 1.54) is 19.2 Å². The Balaban J connectivity index is 1.79. The van der Waals surface area contributed by atoms with Gasteiger partial charge in [0.25, 0.3) is 5.91 Å². The second kappa shape index (κ2) is 9.15. The van der Waals surface area contributed by atoms with Gasteiger partial charge in [-0.25, -0.2) is 0 Å².